The van der Waals surface area contributed by atoms with Gasteiger partial charge in [0.1, 0.15) is 5.82 Å². The standard InChI is InChI=1S/C18H23BrFN/c1-2-21-15(9-12-8-13(20)5-6-14(12)19)18-16-10-3-4-11(7-10)17(16)18/h5-6,8,10-11,15-18,21H,2-4,7,9H2,1H3. The number of rotatable bonds is 5. The van der Waals surface area contributed by atoms with Gasteiger partial charge in [-0.2, -0.15) is 0 Å². The number of fused-ring (bicyclic) bond motifs is 5. The molecule has 0 aliphatic heterocycles. The predicted molar refractivity (Wildman–Crippen MR) is 86.6 cm³/mol. The zero-order valence-corrected chi connectivity index (χ0v) is 14.1. The van der Waals surface area contributed by atoms with E-state index < -0.39 is 0 Å². The molecule has 1 aromatic carbocycles. The lowest BCUT2D eigenvalue weighted by Crippen LogP contribution is -2.35. The van der Waals surface area contributed by atoms with Crippen molar-refractivity contribution in [1.29, 1.82) is 0 Å². The van der Waals surface area contributed by atoms with Gasteiger partial charge in [-0.15, -0.1) is 0 Å². The van der Waals surface area contributed by atoms with Gasteiger partial charge in [-0.1, -0.05) is 22.9 Å². The summed E-state index contributed by atoms with van der Waals surface area (Å²) in [6.07, 6.45) is 5.37. The first-order chi connectivity index (χ1) is 10.2. The van der Waals surface area contributed by atoms with Crippen molar-refractivity contribution in [1.82, 2.24) is 5.32 Å². The van der Waals surface area contributed by atoms with E-state index in [-0.39, 0.29) is 5.82 Å². The molecule has 5 unspecified atom stereocenters. The largest absolute Gasteiger partial charge is 0.314 e. The lowest BCUT2D eigenvalue weighted by atomic mass is 9.93. The third-order valence-corrected chi connectivity index (χ3v) is 6.95. The van der Waals surface area contributed by atoms with Crippen LogP contribution in [0.15, 0.2) is 22.7 Å². The first-order valence-corrected chi connectivity index (χ1v) is 9.15. The molecule has 0 heterocycles. The minimum atomic E-state index is -0.125. The maximum absolute atomic E-state index is 13.5. The number of likely N-dealkylation sites (N-methyl/N-ethyl adjacent to an activating group) is 1. The van der Waals surface area contributed by atoms with Crippen LogP contribution in [0, 0.1) is 35.4 Å². The SMILES string of the molecule is CCNC(Cc1cc(F)ccc1Br)C1C2C3CCC(C3)C21. The van der Waals surface area contributed by atoms with Gasteiger partial charge >= 0.3 is 0 Å². The quantitative estimate of drug-likeness (QED) is 0.828. The highest BCUT2D eigenvalue weighted by Gasteiger charge is 2.66. The Kier molecular flexibility index (Phi) is 3.61. The van der Waals surface area contributed by atoms with Gasteiger partial charge in [0.25, 0.3) is 0 Å². The van der Waals surface area contributed by atoms with E-state index in [1.807, 2.05) is 6.07 Å². The van der Waals surface area contributed by atoms with Gasteiger partial charge in [-0.05, 0) is 85.6 Å². The molecule has 1 nitrogen and oxygen atoms in total. The molecule has 1 N–H and O–H groups in total. The van der Waals surface area contributed by atoms with Crippen molar-refractivity contribution in [3.05, 3.63) is 34.1 Å². The normalized spacial score (nSPS) is 37.6. The first-order valence-electron chi connectivity index (χ1n) is 8.36. The van der Waals surface area contributed by atoms with Crippen LogP contribution in [0.25, 0.3) is 0 Å². The Bertz CT molecular complexity index is 530. The molecular weight excluding hydrogens is 329 g/mol. The summed E-state index contributed by atoms with van der Waals surface area (Å²) in [4.78, 5) is 0. The Morgan fingerprint density at radius 1 is 1.29 bits per heavy atom. The Balaban J connectivity index is 1.52. The molecule has 21 heavy (non-hydrogen) atoms. The zero-order chi connectivity index (χ0) is 14.6. The summed E-state index contributed by atoms with van der Waals surface area (Å²) >= 11 is 3.58. The molecule has 114 valence electrons. The zero-order valence-electron chi connectivity index (χ0n) is 12.5. The minimum absolute atomic E-state index is 0.125. The maximum atomic E-state index is 13.5. The van der Waals surface area contributed by atoms with E-state index in [2.05, 4.69) is 28.2 Å². The molecule has 5 atom stereocenters. The second kappa shape index (κ2) is 5.34. The Morgan fingerprint density at radius 3 is 2.67 bits per heavy atom. The topological polar surface area (TPSA) is 12.0 Å². The monoisotopic (exact) mass is 351 g/mol. The predicted octanol–water partition coefficient (Wildman–Crippen LogP) is 4.40. The molecular formula is C18H23BrFN. The molecule has 3 aliphatic rings. The second-order valence-corrected chi connectivity index (χ2v) is 8.02. The lowest BCUT2D eigenvalue weighted by Gasteiger charge is -2.22. The van der Waals surface area contributed by atoms with E-state index in [4.69, 9.17) is 0 Å². The fourth-order valence-corrected chi connectivity index (χ4v) is 5.88. The van der Waals surface area contributed by atoms with Crippen LogP contribution < -0.4 is 5.32 Å². The first kappa shape index (κ1) is 14.2. The molecule has 0 radical (unpaired) electrons. The van der Waals surface area contributed by atoms with Crippen molar-refractivity contribution >= 4 is 15.9 Å². The van der Waals surface area contributed by atoms with Gasteiger partial charge in [0.05, 0.1) is 0 Å². The maximum Gasteiger partial charge on any atom is 0.123 e. The average Bonchev–Trinajstić information content (AvgIpc) is 2.89. The summed E-state index contributed by atoms with van der Waals surface area (Å²) in [6, 6.07) is 5.58. The fraction of sp³-hybridized carbons (Fsp3) is 0.667. The van der Waals surface area contributed by atoms with E-state index in [0.717, 1.165) is 52.6 Å². The molecule has 4 rings (SSSR count). The molecule has 0 aromatic heterocycles. The van der Waals surface area contributed by atoms with Gasteiger partial charge in [-0.3, -0.25) is 0 Å². The van der Waals surface area contributed by atoms with E-state index >= 15 is 0 Å². The second-order valence-electron chi connectivity index (χ2n) is 7.17. The van der Waals surface area contributed by atoms with Crippen LogP contribution in [-0.2, 0) is 6.42 Å². The van der Waals surface area contributed by atoms with Crippen LogP contribution in [0.2, 0.25) is 0 Å². The highest BCUT2D eigenvalue weighted by Crippen LogP contribution is 2.70. The molecule has 1 aromatic rings. The molecule has 0 saturated heterocycles. The van der Waals surface area contributed by atoms with Crippen LogP contribution in [-0.4, -0.2) is 12.6 Å². The van der Waals surface area contributed by atoms with Crippen LogP contribution in [0.3, 0.4) is 0 Å². The van der Waals surface area contributed by atoms with E-state index in [0.29, 0.717) is 6.04 Å². The van der Waals surface area contributed by atoms with Gasteiger partial charge in [0.2, 0.25) is 0 Å². The molecule has 2 bridgehead atoms. The van der Waals surface area contributed by atoms with E-state index in [1.54, 1.807) is 6.07 Å². The summed E-state index contributed by atoms with van der Waals surface area (Å²) in [5.41, 5.74) is 1.11. The number of hydrogen-bond acceptors (Lipinski definition) is 1. The summed E-state index contributed by atoms with van der Waals surface area (Å²) in [5.74, 6) is 4.66. The fourth-order valence-electron chi connectivity index (χ4n) is 5.47. The number of hydrogen-bond donors (Lipinski definition) is 1. The van der Waals surface area contributed by atoms with Crippen LogP contribution >= 0.6 is 15.9 Å². The molecule has 3 saturated carbocycles. The van der Waals surface area contributed by atoms with Crippen LogP contribution in [0.5, 0.6) is 0 Å². The van der Waals surface area contributed by atoms with Gasteiger partial charge in [0, 0.05) is 10.5 Å². The average molecular weight is 352 g/mol. The molecule has 3 heteroatoms. The van der Waals surface area contributed by atoms with Crippen molar-refractivity contribution < 1.29 is 4.39 Å². The lowest BCUT2D eigenvalue weighted by molar-refractivity contribution is 0.365. The smallest absolute Gasteiger partial charge is 0.123 e. The summed E-state index contributed by atoms with van der Waals surface area (Å²) in [5, 5.41) is 3.69. The van der Waals surface area contributed by atoms with Gasteiger partial charge in [0.15, 0.2) is 0 Å². The molecule has 3 fully saturated rings. The van der Waals surface area contributed by atoms with Crippen molar-refractivity contribution in [3.8, 4) is 0 Å². The summed E-state index contributed by atoms with van der Waals surface area (Å²) in [7, 11) is 0. The number of halogens is 2. The van der Waals surface area contributed by atoms with Crippen molar-refractivity contribution in [3.63, 3.8) is 0 Å². The number of nitrogens with one attached hydrogen (secondary N) is 1. The van der Waals surface area contributed by atoms with Crippen molar-refractivity contribution in [2.24, 2.45) is 29.6 Å². The van der Waals surface area contributed by atoms with Crippen LogP contribution in [0.1, 0.15) is 31.7 Å². The van der Waals surface area contributed by atoms with Crippen molar-refractivity contribution in [2.45, 2.75) is 38.6 Å². The Hall–Kier alpha value is -0.410. The molecule has 0 spiro atoms. The highest BCUT2D eigenvalue weighted by atomic mass is 79.9. The van der Waals surface area contributed by atoms with E-state index in [1.165, 1.54) is 25.3 Å². The Labute approximate surface area is 134 Å². The van der Waals surface area contributed by atoms with Gasteiger partial charge in [-0.25, -0.2) is 4.39 Å². The van der Waals surface area contributed by atoms with Crippen LogP contribution in [0.4, 0.5) is 4.39 Å². The van der Waals surface area contributed by atoms with E-state index in [9.17, 15) is 4.39 Å². The minimum Gasteiger partial charge on any atom is -0.314 e. The number of benzene rings is 1. The third-order valence-electron chi connectivity index (χ3n) is 6.17. The Morgan fingerprint density at radius 2 is 2.00 bits per heavy atom. The molecule has 3 aliphatic carbocycles. The van der Waals surface area contributed by atoms with Crippen molar-refractivity contribution in [2.75, 3.05) is 6.54 Å². The summed E-state index contributed by atoms with van der Waals surface area (Å²) < 4.78 is 14.6. The summed E-state index contributed by atoms with van der Waals surface area (Å²) in [6.45, 7) is 3.18. The van der Waals surface area contributed by atoms with Gasteiger partial charge < -0.3 is 5.32 Å². The molecule has 0 amide bonds. The highest BCUT2D eigenvalue weighted by molar-refractivity contribution is 9.10. The third kappa shape index (κ3) is 2.37.